The summed E-state index contributed by atoms with van der Waals surface area (Å²) in [4.78, 5) is 40.4. The summed E-state index contributed by atoms with van der Waals surface area (Å²) in [6.07, 6.45) is 4.16. The number of amides is 3. The Kier molecular flexibility index (Phi) is 7.20. The number of nitrogens with zero attached hydrogens (tertiary/aromatic N) is 2. The maximum absolute atomic E-state index is 13.8. The van der Waals surface area contributed by atoms with Crippen molar-refractivity contribution in [3.63, 3.8) is 0 Å². The van der Waals surface area contributed by atoms with Crippen molar-refractivity contribution in [2.75, 3.05) is 17.2 Å². The van der Waals surface area contributed by atoms with Crippen molar-refractivity contribution in [2.45, 2.75) is 51.2 Å². The van der Waals surface area contributed by atoms with Gasteiger partial charge in [0.15, 0.2) is 5.82 Å². The van der Waals surface area contributed by atoms with Crippen molar-refractivity contribution in [1.29, 1.82) is 0 Å². The topological polar surface area (TPSA) is 130 Å². The van der Waals surface area contributed by atoms with E-state index in [-0.39, 0.29) is 17.9 Å². The van der Waals surface area contributed by atoms with E-state index >= 15 is 0 Å². The first-order valence-corrected chi connectivity index (χ1v) is 12.4. The number of anilines is 2. The normalized spacial score (nSPS) is 19.1. The summed E-state index contributed by atoms with van der Waals surface area (Å²) in [5.74, 6) is -0.124. The van der Waals surface area contributed by atoms with Crippen molar-refractivity contribution < 1.29 is 23.2 Å². The number of H-pyrrole nitrogens is 1. The molecule has 2 aromatic carbocycles. The van der Waals surface area contributed by atoms with Gasteiger partial charge in [-0.1, -0.05) is 23.4 Å². The number of urea groups is 1. The number of hydrogen-bond acceptors (Lipinski definition) is 6. The SMILES string of the molecule is O=C(Nc1ccc2c(c1)CCN(C(=O)OC1CCC(Cc3noc(=O)[nH]3)CC1)C2)Nc1ccccc1F. The molecule has 5 rings (SSSR count). The summed E-state index contributed by atoms with van der Waals surface area (Å²) in [6, 6.07) is 11.0. The maximum Gasteiger partial charge on any atom is 0.438 e. The van der Waals surface area contributed by atoms with Gasteiger partial charge in [0, 0.05) is 25.2 Å². The third-order valence-corrected chi connectivity index (χ3v) is 6.89. The number of rotatable bonds is 5. The monoisotopic (exact) mass is 509 g/mol. The molecular weight excluding hydrogens is 481 g/mol. The van der Waals surface area contributed by atoms with Crippen molar-refractivity contribution >= 4 is 23.5 Å². The zero-order valence-electron chi connectivity index (χ0n) is 20.2. The van der Waals surface area contributed by atoms with E-state index in [0.717, 1.165) is 36.8 Å². The number of aromatic nitrogens is 2. The smallest absolute Gasteiger partial charge is 0.438 e. The molecule has 0 saturated heterocycles. The van der Waals surface area contributed by atoms with Crippen LogP contribution in [0.1, 0.15) is 42.6 Å². The number of carbonyl (C=O) groups is 2. The van der Waals surface area contributed by atoms with Crippen LogP contribution in [-0.2, 0) is 24.1 Å². The van der Waals surface area contributed by atoms with E-state index in [1.807, 2.05) is 12.1 Å². The van der Waals surface area contributed by atoms with Crippen molar-refractivity contribution in [3.05, 3.63) is 75.8 Å². The second-order valence-electron chi connectivity index (χ2n) is 9.49. The Labute approximate surface area is 212 Å². The van der Waals surface area contributed by atoms with Crippen LogP contribution in [0.4, 0.5) is 25.4 Å². The third kappa shape index (κ3) is 6.16. The molecule has 2 heterocycles. The van der Waals surface area contributed by atoms with Crippen LogP contribution in [0.25, 0.3) is 0 Å². The second kappa shape index (κ2) is 10.9. The summed E-state index contributed by atoms with van der Waals surface area (Å²) in [5.41, 5.74) is 2.73. The number of hydrogen-bond donors (Lipinski definition) is 3. The summed E-state index contributed by atoms with van der Waals surface area (Å²) in [5, 5.41) is 8.95. The summed E-state index contributed by atoms with van der Waals surface area (Å²) < 4.78 is 24.1. The number of fused-ring (bicyclic) bond motifs is 1. The summed E-state index contributed by atoms with van der Waals surface area (Å²) in [7, 11) is 0. The Morgan fingerprint density at radius 3 is 2.68 bits per heavy atom. The molecule has 3 amide bonds. The molecule has 194 valence electrons. The van der Waals surface area contributed by atoms with Gasteiger partial charge in [0.05, 0.1) is 5.69 Å². The maximum atomic E-state index is 13.8. The molecule has 0 radical (unpaired) electrons. The average Bonchev–Trinajstić information content (AvgIpc) is 3.30. The number of benzene rings is 2. The van der Waals surface area contributed by atoms with Gasteiger partial charge in [-0.05, 0) is 73.4 Å². The molecule has 3 N–H and O–H groups in total. The van der Waals surface area contributed by atoms with Crippen LogP contribution in [0.15, 0.2) is 51.8 Å². The molecule has 0 atom stereocenters. The fraction of sp³-hybridized carbons (Fsp3) is 0.385. The van der Waals surface area contributed by atoms with E-state index in [4.69, 9.17) is 4.74 Å². The van der Waals surface area contributed by atoms with E-state index in [2.05, 4.69) is 25.3 Å². The predicted molar refractivity (Wildman–Crippen MR) is 133 cm³/mol. The number of carbonyl (C=O) groups excluding carboxylic acids is 2. The van der Waals surface area contributed by atoms with Gasteiger partial charge >= 0.3 is 17.9 Å². The fourth-order valence-corrected chi connectivity index (χ4v) is 4.93. The van der Waals surface area contributed by atoms with Gasteiger partial charge in [-0.2, -0.15) is 0 Å². The highest BCUT2D eigenvalue weighted by atomic mass is 19.1. The molecule has 1 aliphatic carbocycles. The average molecular weight is 510 g/mol. The number of aromatic amines is 1. The van der Waals surface area contributed by atoms with Crippen LogP contribution in [0.2, 0.25) is 0 Å². The van der Waals surface area contributed by atoms with Crippen LogP contribution in [-0.4, -0.2) is 39.8 Å². The van der Waals surface area contributed by atoms with Crippen LogP contribution >= 0.6 is 0 Å². The highest BCUT2D eigenvalue weighted by Gasteiger charge is 2.28. The molecule has 1 aromatic heterocycles. The Morgan fingerprint density at radius 1 is 1.11 bits per heavy atom. The van der Waals surface area contributed by atoms with Crippen LogP contribution in [0.3, 0.4) is 0 Å². The highest BCUT2D eigenvalue weighted by Crippen LogP contribution is 2.29. The van der Waals surface area contributed by atoms with Gasteiger partial charge in [-0.15, -0.1) is 0 Å². The summed E-state index contributed by atoms with van der Waals surface area (Å²) >= 11 is 0. The first-order valence-electron chi connectivity index (χ1n) is 12.4. The minimum absolute atomic E-state index is 0.104. The molecule has 0 spiro atoms. The largest absolute Gasteiger partial charge is 0.446 e. The minimum atomic E-state index is -0.543. The van der Waals surface area contributed by atoms with Gasteiger partial charge < -0.3 is 20.3 Å². The Hall–Kier alpha value is -4.15. The van der Waals surface area contributed by atoms with Gasteiger partial charge in [0.25, 0.3) is 0 Å². The van der Waals surface area contributed by atoms with E-state index in [9.17, 15) is 18.8 Å². The van der Waals surface area contributed by atoms with Gasteiger partial charge in [-0.25, -0.2) is 18.8 Å². The van der Waals surface area contributed by atoms with E-state index in [1.165, 1.54) is 12.1 Å². The second-order valence-corrected chi connectivity index (χ2v) is 9.49. The molecule has 37 heavy (non-hydrogen) atoms. The standard InChI is InChI=1S/C26H28FN5O5/c27-21-3-1-2-4-22(21)29-24(33)28-19-8-7-18-15-32(12-11-17(18)14-19)26(35)36-20-9-5-16(6-10-20)13-23-30-25(34)37-31-23/h1-4,7-8,14,16,20H,5-6,9-13,15H2,(H2,28,29,33)(H,30,31,34). The molecule has 3 aromatic rings. The molecule has 0 unspecified atom stereocenters. The number of ether oxygens (including phenoxy) is 1. The zero-order valence-corrected chi connectivity index (χ0v) is 20.2. The lowest BCUT2D eigenvalue weighted by atomic mass is 9.85. The van der Waals surface area contributed by atoms with Gasteiger partial charge in [-0.3, -0.25) is 9.51 Å². The van der Waals surface area contributed by atoms with Crippen LogP contribution in [0.5, 0.6) is 0 Å². The van der Waals surface area contributed by atoms with Crippen LogP contribution < -0.4 is 16.4 Å². The lowest BCUT2D eigenvalue weighted by Gasteiger charge is -2.32. The van der Waals surface area contributed by atoms with Gasteiger partial charge in [0.2, 0.25) is 0 Å². The van der Waals surface area contributed by atoms with Gasteiger partial charge in [0.1, 0.15) is 11.9 Å². The van der Waals surface area contributed by atoms with Crippen molar-refractivity contribution in [2.24, 2.45) is 5.92 Å². The van der Waals surface area contributed by atoms with E-state index in [1.54, 1.807) is 23.1 Å². The molecular formula is C26H28FN5O5. The van der Waals surface area contributed by atoms with E-state index < -0.39 is 17.6 Å². The Bertz CT molecular complexity index is 1330. The first-order chi connectivity index (χ1) is 17.9. The number of nitrogens with one attached hydrogen (secondary N) is 3. The van der Waals surface area contributed by atoms with Crippen molar-refractivity contribution in [1.82, 2.24) is 15.0 Å². The Morgan fingerprint density at radius 2 is 1.92 bits per heavy atom. The lowest BCUT2D eigenvalue weighted by Crippen LogP contribution is -2.39. The first kappa shape index (κ1) is 24.5. The lowest BCUT2D eigenvalue weighted by molar-refractivity contribution is 0.0350. The molecule has 10 nitrogen and oxygen atoms in total. The van der Waals surface area contributed by atoms with E-state index in [0.29, 0.717) is 43.4 Å². The Balaban J connectivity index is 1.09. The highest BCUT2D eigenvalue weighted by molar-refractivity contribution is 5.99. The molecule has 2 aliphatic rings. The number of para-hydroxylation sites is 1. The minimum Gasteiger partial charge on any atom is -0.446 e. The number of halogens is 1. The molecule has 1 saturated carbocycles. The third-order valence-electron chi connectivity index (χ3n) is 6.89. The summed E-state index contributed by atoms with van der Waals surface area (Å²) in [6.45, 7) is 0.955. The molecule has 0 bridgehead atoms. The van der Waals surface area contributed by atoms with Crippen LogP contribution in [0, 0.1) is 11.7 Å². The quantitative estimate of drug-likeness (QED) is 0.466. The zero-order chi connectivity index (χ0) is 25.8. The van der Waals surface area contributed by atoms with Crippen molar-refractivity contribution in [3.8, 4) is 0 Å². The molecule has 1 aliphatic heterocycles. The predicted octanol–water partition coefficient (Wildman–Crippen LogP) is 4.44. The molecule has 11 heteroatoms. The molecule has 1 fully saturated rings. The fourth-order valence-electron chi connectivity index (χ4n) is 4.93.